The Morgan fingerprint density at radius 2 is 1.72 bits per heavy atom. The Labute approximate surface area is 173 Å². The molecule has 2 aromatic rings. The Bertz CT molecular complexity index is 954. The average Bonchev–Trinajstić information content (AvgIpc) is 2.68. The molecule has 1 fully saturated rings. The number of piperidine rings is 1. The van der Waals surface area contributed by atoms with Crippen LogP contribution < -0.4 is 4.74 Å². The van der Waals surface area contributed by atoms with Gasteiger partial charge in [-0.2, -0.15) is 17.5 Å². The molecule has 1 saturated heterocycles. The van der Waals surface area contributed by atoms with Crippen LogP contribution in [0.3, 0.4) is 0 Å². The standard InChI is InChI=1S/C20H21ClF3NO3S/c1-28-18-13-17(21)6-7-19(18)29(26,27)25-10-8-15(9-11-25)12-14-2-4-16(5-3-14)20(22,23)24/h2-7,13,15H,8-12H2,1H3. The second-order valence-electron chi connectivity index (χ2n) is 7.04. The van der Waals surface area contributed by atoms with Crippen LogP contribution in [0.25, 0.3) is 0 Å². The third-order valence-electron chi connectivity index (χ3n) is 5.12. The molecule has 0 radical (unpaired) electrons. The van der Waals surface area contributed by atoms with Crippen LogP contribution in [-0.4, -0.2) is 32.9 Å². The minimum atomic E-state index is -4.35. The molecule has 1 aliphatic rings. The van der Waals surface area contributed by atoms with Gasteiger partial charge in [-0.25, -0.2) is 8.42 Å². The number of ether oxygens (including phenoxy) is 1. The maximum Gasteiger partial charge on any atom is 0.416 e. The van der Waals surface area contributed by atoms with Crippen LogP contribution in [0.1, 0.15) is 24.0 Å². The molecule has 0 saturated carbocycles. The molecule has 0 bridgehead atoms. The Hall–Kier alpha value is -1.77. The molecule has 3 rings (SSSR count). The van der Waals surface area contributed by atoms with E-state index in [1.807, 2.05) is 0 Å². The first-order valence-corrected chi connectivity index (χ1v) is 10.9. The number of alkyl halides is 3. The zero-order valence-corrected chi connectivity index (χ0v) is 17.3. The van der Waals surface area contributed by atoms with E-state index in [1.54, 1.807) is 0 Å². The highest BCUT2D eigenvalue weighted by molar-refractivity contribution is 7.89. The van der Waals surface area contributed by atoms with Crippen LogP contribution in [0.4, 0.5) is 13.2 Å². The summed E-state index contributed by atoms with van der Waals surface area (Å²) < 4.78 is 70.5. The van der Waals surface area contributed by atoms with Crippen LogP contribution in [0.15, 0.2) is 47.4 Å². The molecule has 0 spiro atoms. The normalized spacial score (nSPS) is 16.7. The lowest BCUT2D eigenvalue weighted by Crippen LogP contribution is -2.39. The maximum atomic E-state index is 13.0. The quantitative estimate of drug-likeness (QED) is 0.647. The van der Waals surface area contributed by atoms with E-state index in [0.29, 0.717) is 37.4 Å². The van der Waals surface area contributed by atoms with E-state index in [4.69, 9.17) is 16.3 Å². The number of hydrogen-bond acceptors (Lipinski definition) is 3. The molecule has 1 aliphatic heterocycles. The highest BCUT2D eigenvalue weighted by Gasteiger charge is 2.32. The minimum absolute atomic E-state index is 0.0746. The van der Waals surface area contributed by atoms with E-state index in [1.165, 1.54) is 41.7 Å². The van der Waals surface area contributed by atoms with E-state index >= 15 is 0 Å². The van der Waals surface area contributed by atoms with Gasteiger partial charge in [0.1, 0.15) is 10.6 Å². The largest absolute Gasteiger partial charge is 0.495 e. The van der Waals surface area contributed by atoms with E-state index in [9.17, 15) is 21.6 Å². The third kappa shape index (κ3) is 5.05. The monoisotopic (exact) mass is 447 g/mol. The summed E-state index contributed by atoms with van der Waals surface area (Å²) in [6.45, 7) is 0.693. The summed E-state index contributed by atoms with van der Waals surface area (Å²) in [5, 5.41) is 0.385. The van der Waals surface area contributed by atoms with Gasteiger partial charge in [-0.1, -0.05) is 23.7 Å². The number of nitrogens with zero attached hydrogens (tertiary/aromatic N) is 1. The van der Waals surface area contributed by atoms with Crippen LogP contribution in [0.2, 0.25) is 5.02 Å². The van der Waals surface area contributed by atoms with Gasteiger partial charge in [0.2, 0.25) is 10.0 Å². The Balaban J connectivity index is 1.64. The number of sulfonamides is 1. The molecule has 29 heavy (non-hydrogen) atoms. The summed E-state index contributed by atoms with van der Waals surface area (Å²) in [7, 11) is -2.33. The SMILES string of the molecule is COc1cc(Cl)ccc1S(=O)(=O)N1CCC(Cc2ccc(C(F)(F)F)cc2)CC1. The summed E-state index contributed by atoms with van der Waals surface area (Å²) in [5.74, 6) is 0.412. The first-order valence-electron chi connectivity index (χ1n) is 9.11. The van der Waals surface area contributed by atoms with E-state index in [2.05, 4.69) is 0 Å². The lowest BCUT2D eigenvalue weighted by Gasteiger charge is -2.31. The number of halogens is 4. The molecule has 0 atom stereocenters. The van der Waals surface area contributed by atoms with Crippen LogP contribution in [-0.2, 0) is 22.6 Å². The lowest BCUT2D eigenvalue weighted by molar-refractivity contribution is -0.137. The molecule has 0 amide bonds. The minimum Gasteiger partial charge on any atom is -0.495 e. The molecule has 9 heteroatoms. The Morgan fingerprint density at radius 1 is 1.10 bits per heavy atom. The average molecular weight is 448 g/mol. The van der Waals surface area contributed by atoms with E-state index < -0.39 is 21.8 Å². The number of benzene rings is 2. The molecule has 0 aromatic heterocycles. The van der Waals surface area contributed by atoms with Gasteiger partial charge in [0.05, 0.1) is 12.7 Å². The van der Waals surface area contributed by atoms with Crippen molar-refractivity contribution in [3.8, 4) is 5.75 Å². The molecule has 0 N–H and O–H groups in total. The molecule has 4 nitrogen and oxygen atoms in total. The van der Waals surface area contributed by atoms with Crippen molar-refractivity contribution in [1.29, 1.82) is 0 Å². The molecular weight excluding hydrogens is 427 g/mol. The fraction of sp³-hybridized carbons (Fsp3) is 0.400. The molecule has 158 valence electrons. The van der Waals surface area contributed by atoms with Crippen molar-refractivity contribution in [2.75, 3.05) is 20.2 Å². The lowest BCUT2D eigenvalue weighted by atomic mass is 9.91. The van der Waals surface area contributed by atoms with Crippen molar-refractivity contribution in [3.05, 3.63) is 58.6 Å². The Kier molecular flexibility index (Phi) is 6.45. The first kappa shape index (κ1) is 21.9. The van der Waals surface area contributed by atoms with E-state index in [-0.39, 0.29) is 16.6 Å². The van der Waals surface area contributed by atoms with Crippen molar-refractivity contribution in [1.82, 2.24) is 4.31 Å². The summed E-state index contributed by atoms with van der Waals surface area (Å²) in [5.41, 5.74) is 0.151. The highest BCUT2D eigenvalue weighted by Crippen LogP contribution is 2.33. The van der Waals surface area contributed by atoms with Crippen molar-refractivity contribution < 1.29 is 26.3 Å². The van der Waals surface area contributed by atoms with Crippen LogP contribution in [0.5, 0.6) is 5.75 Å². The molecular formula is C20H21ClF3NO3S. The molecule has 1 heterocycles. The van der Waals surface area contributed by atoms with Crippen molar-refractivity contribution in [3.63, 3.8) is 0 Å². The predicted molar refractivity (Wildman–Crippen MR) is 105 cm³/mol. The fourth-order valence-electron chi connectivity index (χ4n) is 3.51. The van der Waals surface area contributed by atoms with Gasteiger partial charge in [-0.3, -0.25) is 0 Å². The summed E-state index contributed by atoms with van der Waals surface area (Å²) in [6.07, 6.45) is -2.45. The van der Waals surface area contributed by atoms with Crippen molar-refractivity contribution in [2.24, 2.45) is 5.92 Å². The zero-order valence-electron chi connectivity index (χ0n) is 15.7. The first-order chi connectivity index (χ1) is 13.6. The van der Waals surface area contributed by atoms with E-state index in [0.717, 1.165) is 17.7 Å². The smallest absolute Gasteiger partial charge is 0.416 e. The molecule has 2 aromatic carbocycles. The molecule has 0 unspecified atom stereocenters. The predicted octanol–water partition coefficient (Wildman–Crippen LogP) is 5.01. The van der Waals surface area contributed by atoms with Gasteiger partial charge >= 0.3 is 6.18 Å². The topological polar surface area (TPSA) is 46.6 Å². The summed E-state index contributed by atoms with van der Waals surface area (Å²) >= 11 is 5.91. The summed E-state index contributed by atoms with van der Waals surface area (Å²) in [6, 6.07) is 9.56. The van der Waals surface area contributed by atoms with Crippen molar-refractivity contribution >= 4 is 21.6 Å². The number of rotatable bonds is 5. The van der Waals surface area contributed by atoms with Crippen LogP contribution in [0, 0.1) is 5.92 Å². The van der Waals surface area contributed by atoms with Crippen molar-refractivity contribution in [2.45, 2.75) is 30.3 Å². The Morgan fingerprint density at radius 3 is 2.28 bits per heavy atom. The van der Waals surface area contributed by atoms with Gasteiger partial charge in [0.15, 0.2) is 0 Å². The highest BCUT2D eigenvalue weighted by atomic mass is 35.5. The second kappa shape index (κ2) is 8.53. The van der Waals surface area contributed by atoms with Gasteiger partial charge in [-0.05, 0) is 55.0 Å². The van der Waals surface area contributed by atoms with Gasteiger partial charge in [-0.15, -0.1) is 0 Å². The number of methoxy groups -OCH3 is 1. The number of hydrogen-bond donors (Lipinski definition) is 0. The zero-order chi connectivity index (χ0) is 21.2. The molecule has 0 aliphatic carbocycles. The second-order valence-corrected chi connectivity index (χ2v) is 9.38. The van der Waals surface area contributed by atoms with Gasteiger partial charge < -0.3 is 4.74 Å². The maximum absolute atomic E-state index is 13.0. The third-order valence-corrected chi connectivity index (χ3v) is 7.30. The fourth-order valence-corrected chi connectivity index (χ4v) is 5.28. The summed E-state index contributed by atoms with van der Waals surface area (Å²) in [4.78, 5) is 0.0746. The van der Waals surface area contributed by atoms with Crippen LogP contribution >= 0.6 is 11.6 Å². The van der Waals surface area contributed by atoms with Gasteiger partial charge in [0.25, 0.3) is 0 Å². The van der Waals surface area contributed by atoms with Gasteiger partial charge in [0, 0.05) is 24.2 Å².